The molecule has 0 aliphatic heterocycles. The Hall–Kier alpha value is -1.28. The van der Waals surface area contributed by atoms with Crippen LogP contribution >= 0.6 is 0 Å². The van der Waals surface area contributed by atoms with Crippen molar-refractivity contribution in [3.05, 3.63) is 48.0 Å². The quantitative estimate of drug-likeness (QED) is 0.514. The monoisotopic (exact) mass is 370 g/mol. The van der Waals surface area contributed by atoms with Crippen LogP contribution in [0.15, 0.2) is 46.6 Å². The smallest absolute Gasteiger partial charge is 0.132 e. The van der Waals surface area contributed by atoms with Crippen LogP contribution in [0.4, 0.5) is 0 Å². The maximum absolute atomic E-state index is 10.8. The zero-order valence-corrected chi connectivity index (χ0v) is 17.8. The van der Waals surface area contributed by atoms with Crippen LogP contribution in [0, 0.1) is 22.7 Å². The Kier molecular flexibility index (Phi) is 6.05. The van der Waals surface area contributed by atoms with Gasteiger partial charge in [0.1, 0.15) is 11.9 Å². The van der Waals surface area contributed by atoms with Crippen LogP contribution in [0.2, 0.25) is 0 Å². The van der Waals surface area contributed by atoms with Crippen LogP contribution in [-0.4, -0.2) is 5.11 Å². The number of allylic oxidation sites excluding steroid dienone is 3. The normalized spacial score (nSPS) is 34.6. The number of rotatable bonds is 7. The minimum atomic E-state index is -0.511. The Morgan fingerprint density at radius 1 is 1.41 bits per heavy atom. The summed E-state index contributed by atoms with van der Waals surface area (Å²) in [5, 5.41) is 10.8. The molecule has 1 N–H and O–H groups in total. The second-order valence-corrected chi connectivity index (χ2v) is 9.85. The minimum absolute atomic E-state index is 0.117. The summed E-state index contributed by atoms with van der Waals surface area (Å²) in [6.45, 7) is 13.5. The van der Waals surface area contributed by atoms with E-state index in [9.17, 15) is 5.11 Å². The molecule has 150 valence electrons. The third-order valence-electron chi connectivity index (χ3n) is 7.74. The van der Waals surface area contributed by atoms with Crippen molar-refractivity contribution in [2.24, 2.45) is 22.7 Å². The predicted octanol–water partition coefficient (Wildman–Crippen LogP) is 7.23. The molecular formula is C25H38O2. The van der Waals surface area contributed by atoms with E-state index in [0.29, 0.717) is 23.0 Å². The lowest BCUT2D eigenvalue weighted by atomic mass is 9.50. The molecule has 0 unspecified atom stereocenters. The van der Waals surface area contributed by atoms with Crippen molar-refractivity contribution >= 4 is 0 Å². The number of furan rings is 1. The molecule has 2 heteroatoms. The fourth-order valence-corrected chi connectivity index (χ4v) is 5.80. The molecule has 1 heterocycles. The maximum atomic E-state index is 10.8. The summed E-state index contributed by atoms with van der Waals surface area (Å²) in [6.07, 6.45) is 13.1. The van der Waals surface area contributed by atoms with Crippen LogP contribution in [0.25, 0.3) is 0 Å². The molecule has 0 spiro atoms. The molecule has 1 aromatic heterocycles. The first-order valence-electron chi connectivity index (χ1n) is 10.8. The van der Waals surface area contributed by atoms with Gasteiger partial charge in [-0.15, -0.1) is 6.58 Å². The highest BCUT2D eigenvalue weighted by Gasteiger charge is 2.50. The maximum Gasteiger partial charge on any atom is 0.132 e. The first-order valence-corrected chi connectivity index (χ1v) is 10.8. The first kappa shape index (κ1) is 20.5. The van der Waals surface area contributed by atoms with Crippen LogP contribution in [0.1, 0.15) is 90.9 Å². The lowest BCUT2D eigenvalue weighted by Gasteiger charge is -2.54. The standard InChI is InChI=1S/C25H38O2/c1-18(2)9-6-14-24(4)15-7-10-21-20(24)13-12-19(3)25(21,5)17-22(26)23-11-8-16-27-23/h8,11,13,16,19,21-22,26H,1,6-7,9-10,12,14-15,17H2,2-5H3/t19-,21-,22-,24-,25-/m1/s1. The molecule has 3 rings (SSSR count). The van der Waals surface area contributed by atoms with Crippen LogP contribution < -0.4 is 0 Å². The third kappa shape index (κ3) is 4.11. The summed E-state index contributed by atoms with van der Waals surface area (Å²) in [5.41, 5.74) is 3.41. The highest BCUT2D eigenvalue weighted by Crippen LogP contribution is 2.60. The van der Waals surface area contributed by atoms with Crippen molar-refractivity contribution in [1.82, 2.24) is 0 Å². The zero-order valence-electron chi connectivity index (χ0n) is 17.8. The van der Waals surface area contributed by atoms with E-state index in [1.54, 1.807) is 11.8 Å². The van der Waals surface area contributed by atoms with Crippen LogP contribution in [0.5, 0.6) is 0 Å². The fourth-order valence-electron chi connectivity index (χ4n) is 5.80. The molecule has 2 aliphatic rings. The SMILES string of the molecule is C=C(C)CCC[C@]1(C)CCC[C@@H]2C1=CC[C@@H](C)[C@@]2(C)C[C@@H](O)c1ccco1. The average molecular weight is 371 g/mol. The van der Waals surface area contributed by atoms with Gasteiger partial charge in [0.25, 0.3) is 0 Å². The molecule has 0 saturated heterocycles. The summed E-state index contributed by atoms with van der Waals surface area (Å²) < 4.78 is 5.50. The van der Waals surface area contributed by atoms with Crippen molar-refractivity contribution < 1.29 is 9.52 Å². The van der Waals surface area contributed by atoms with E-state index in [1.807, 2.05) is 12.1 Å². The molecule has 2 nitrogen and oxygen atoms in total. The zero-order chi connectivity index (χ0) is 19.7. The van der Waals surface area contributed by atoms with Crippen molar-refractivity contribution in [2.45, 2.75) is 85.2 Å². The van der Waals surface area contributed by atoms with Gasteiger partial charge in [-0.1, -0.05) is 44.4 Å². The molecule has 1 aromatic rings. The van der Waals surface area contributed by atoms with Gasteiger partial charge in [-0.3, -0.25) is 0 Å². The minimum Gasteiger partial charge on any atom is -0.467 e. The molecule has 1 fully saturated rings. The summed E-state index contributed by atoms with van der Waals surface area (Å²) in [6, 6.07) is 3.77. The Labute approximate surface area is 165 Å². The largest absolute Gasteiger partial charge is 0.467 e. The Balaban J connectivity index is 1.81. The van der Waals surface area contributed by atoms with Crippen molar-refractivity contribution in [3.63, 3.8) is 0 Å². The van der Waals surface area contributed by atoms with Crippen LogP contribution in [0.3, 0.4) is 0 Å². The second-order valence-electron chi connectivity index (χ2n) is 9.85. The highest BCUT2D eigenvalue weighted by atomic mass is 16.4. The lowest BCUT2D eigenvalue weighted by molar-refractivity contribution is -0.000801. The van der Waals surface area contributed by atoms with E-state index in [4.69, 9.17) is 4.42 Å². The summed E-state index contributed by atoms with van der Waals surface area (Å²) in [5.74, 6) is 1.86. The van der Waals surface area contributed by atoms with E-state index in [0.717, 1.165) is 19.3 Å². The van der Waals surface area contributed by atoms with E-state index in [2.05, 4.69) is 40.3 Å². The predicted molar refractivity (Wildman–Crippen MR) is 112 cm³/mol. The number of hydrogen-bond donors (Lipinski definition) is 1. The Morgan fingerprint density at radius 3 is 2.85 bits per heavy atom. The number of aliphatic hydroxyl groups excluding tert-OH is 1. The number of hydrogen-bond acceptors (Lipinski definition) is 2. The van der Waals surface area contributed by atoms with Crippen LogP contribution in [-0.2, 0) is 0 Å². The molecule has 27 heavy (non-hydrogen) atoms. The van der Waals surface area contributed by atoms with Gasteiger partial charge in [0.2, 0.25) is 0 Å². The molecule has 0 bridgehead atoms. The molecule has 0 aromatic carbocycles. The van der Waals surface area contributed by atoms with Gasteiger partial charge < -0.3 is 9.52 Å². The summed E-state index contributed by atoms with van der Waals surface area (Å²) in [4.78, 5) is 0. The van der Waals surface area contributed by atoms with Gasteiger partial charge in [-0.2, -0.15) is 0 Å². The van der Waals surface area contributed by atoms with Gasteiger partial charge >= 0.3 is 0 Å². The number of fused-ring (bicyclic) bond motifs is 1. The van der Waals surface area contributed by atoms with E-state index >= 15 is 0 Å². The van der Waals surface area contributed by atoms with Gasteiger partial charge in [0.15, 0.2) is 0 Å². The first-order chi connectivity index (χ1) is 12.8. The van der Waals surface area contributed by atoms with Gasteiger partial charge in [-0.05, 0) is 86.7 Å². The third-order valence-corrected chi connectivity index (χ3v) is 7.74. The van der Waals surface area contributed by atoms with Crippen molar-refractivity contribution in [3.8, 4) is 0 Å². The summed E-state index contributed by atoms with van der Waals surface area (Å²) >= 11 is 0. The molecular weight excluding hydrogens is 332 g/mol. The molecule has 2 aliphatic carbocycles. The molecule has 0 radical (unpaired) electrons. The number of aliphatic hydroxyl groups is 1. The molecule has 0 amide bonds. The topological polar surface area (TPSA) is 33.4 Å². The summed E-state index contributed by atoms with van der Waals surface area (Å²) in [7, 11) is 0. The Morgan fingerprint density at radius 2 is 2.19 bits per heavy atom. The van der Waals surface area contributed by atoms with Gasteiger partial charge in [-0.25, -0.2) is 0 Å². The fraction of sp³-hybridized carbons (Fsp3) is 0.680. The van der Waals surface area contributed by atoms with Crippen molar-refractivity contribution in [1.29, 1.82) is 0 Å². The average Bonchev–Trinajstić information content (AvgIpc) is 3.13. The van der Waals surface area contributed by atoms with E-state index in [-0.39, 0.29) is 5.41 Å². The van der Waals surface area contributed by atoms with Gasteiger partial charge in [0.05, 0.1) is 6.26 Å². The highest BCUT2D eigenvalue weighted by molar-refractivity contribution is 5.26. The van der Waals surface area contributed by atoms with E-state index in [1.165, 1.54) is 37.7 Å². The lowest BCUT2D eigenvalue weighted by Crippen LogP contribution is -2.45. The molecule has 1 saturated carbocycles. The molecule has 5 atom stereocenters. The van der Waals surface area contributed by atoms with Gasteiger partial charge in [0, 0.05) is 0 Å². The second kappa shape index (κ2) is 7.99. The Bertz CT molecular complexity index is 671. The van der Waals surface area contributed by atoms with E-state index < -0.39 is 6.10 Å². The van der Waals surface area contributed by atoms with Crippen molar-refractivity contribution in [2.75, 3.05) is 0 Å².